The molecule has 1 aromatic rings. The highest BCUT2D eigenvalue weighted by atomic mass is 32.2. The first-order valence-electron chi connectivity index (χ1n) is 5.73. The molecule has 1 aliphatic rings. The van der Waals surface area contributed by atoms with Crippen molar-refractivity contribution in [1.29, 1.82) is 0 Å². The van der Waals surface area contributed by atoms with Gasteiger partial charge in [-0.15, -0.1) is 0 Å². The maximum absolute atomic E-state index is 12.4. The fraction of sp³-hybridized carbons (Fsp3) is 0.600. The van der Waals surface area contributed by atoms with E-state index in [-0.39, 0.29) is 31.1 Å². The van der Waals surface area contributed by atoms with Crippen LogP contribution in [-0.2, 0) is 26.6 Å². The molecule has 0 radical (unpaired) electrons. The number of carboxylic acids is 1. The van der Waals surface area contributed by atoms with Gasteiger partial charge in [0.15, 0.2) is 5.03 Å². The van der Waals surface area contributed by atoms with Crippen LogP contribution in [0.15, 0.2) is 17.3 Å². The minimum Gasteiger partial charge on any atom is -0.481 e. The zero-order chi connectivity index (χ0) is 14.0. The fourth-order valence-electron chi connectivity index (χ4n) is 1.98. The maximum atomic E-state index is 12.4. The summed E-state index contributed by atoms with van der Waals surface area (Å²) in [6.07, 6.45) is 0.577. The Kier molecular flexibility index (Phi) is 3.88. The molecule has 19 heavy (non-hydrogen) atoms. The Morgan fingerprint density at radius 3 is 2.95 bits per heavy atom. The fourth-order valence-corrected chi connectivity index (χ4v) is 3.53. The van der Waals surface area contributed by atoms with Gasteiger partial charge in [-0.1, -0.05) is 0 Å². The number of aryl methyl sites for hydroxylation is 1. The third-order valence-corrected chi connectivity index (χ3v) is 4.82. The number of carbonyl (C=O) groups is 1. The zero-order valence-corrected chi connectivity index (χ0v) is 11.2. The van der Waals surface area contributed by atoms with Crippen LogP contribution in [0.3, 0.4) is 0 Å². The molecule has 1 unspecified atom stereocenters. The Hall–Kier alpha value is -1.45. The number of morpholine rings is 1. The summed E-state index contributed by atoms with van der Waals surface area (Å²) in [6, 6.07) is 1.41. The first kappa shape index (κ1) is 14.0. The van der Waals surface area contributed by atoms with Gasteiger partial charge in [0.25, 0.3) is 10.0 Å². The SMILES string of the molecule is Cn1nccc1S(=O)(=O)N1CCOC(CC(=O)O)C1. The quantitative estimate of drug-likeness (QED) is 0.785. The molecule has 8 nitrogen and oxygen atoms in total. The number of aromatic nitrogens is 2. The Bertz CT molecular complexity index is 567. The molecule has 1 N–H and O–H groups in total. The molecule has 1 fully saturated rings. The number of nitrogens with zero attached hydrogens (tertiary/aromatic N) is 3. The van der Waals surface area contributed by atoms with Gasteiger partial charge < -0.3 is 9.84 Å². The number of hydrogen-bond acceptors (Lipinski definition) is 5. The highest BCUT2D eigenvalue weighted by Crippen LogP contribution is 2.19. The van der Waals surface area contributed by atoms with E-state index in [0.717, 1.165) is 0 Å². The van der Waals surface area contributed by atoms with E-state index in [0.29, 0.717) is 0 Å². The molecule has 0 aromatic carbocycles. The van der Waals surface area contributed by atoms with E-state index in [1.165, 1.54) is 21.3 Å². The summed E-state index contributed by atoms with van der Waals surface area (Å²) >= 11 is 0. The third-order valence-electron chi connectivity index (χ3n) is 2.88. The second-order valence-corrected chi connectivity index (χ2v) is 6.13. The molecule has 106 valence electrons. The highest BCUT2D eigenvalue weighted by molar-refractivity contribution is 7.89. The summed E-state index contributed by atoms with van der Waals surface area (Å²) in [5.41, 5.74) is 0. The van der Waals surface area contributed by atoms with Crippen LogP contribution in [0, 0.1) is 0 Å². The van der Waals surface area contributed by atoms with E-state index in [9.17, 15) is 13.2 Å². The molecule has 0 bridgehead atoms. The van der Waals surface area contributed by atoms with E-state index in [1.54, 1.807) is 7.05 Å². The molecule has 2 rings (SSSR count). The van der Waals surface area contributed by atoms with Crippen molar-refractivity contribution in [1.82, 2.24) is 14.1 Å². The largest absolute Gasteiger partial charge is 0.481 e. The lowest BCUT2D eigenvalue weighted by molar-refractivity contribution is -0.141. The van der Waals surface area contributed by atoms with Gasteiger partial charge in [0.1, 0.15) is 0 Å². The Morgan fingerprint density at radius 1 is 1.63 bits per heavy atom. The van der Waals surface area contributed by atoms with Gasteiger partial charge in [0.2, 0.25) is 0 Å². The van der Waals surface area contributed by atoms with Crippen molar-refractivity contribution >= 4 is 16.0 Å². The maximum Gasteiger partial charge on any atom is 0.306 e. The highest BCUT2D eigenvalue weighted by Gasteiger charge is 2.33. The van der Waals surface area contributed by atoms with Crippen molar-refractivity contribution in [2.45, 2.75) is 17.6 Å². The summed E-state index contributed by atoms with van der Waals surface area (Å²) in [5.74, 6) is -1.01. The van der Waals surface area contributed by atoms with Crippen LogP contribution >= 0.6 is 0 Å². The van der Waals surface area contributed by atoms with E-state index < -0.39 is 22.1 Å². The van der Waals surface area contributed by atoms with Crippen LogP contribution in [0.4, 0.5) is 0 Å². The summed E-state index contributed by atoms with van der Waals surface area (Å²) in [7, 11) is -2.11. The number of hydrogen-bond donors (Lipinski definition) is 1. The summed E-state index contributed by atoms with van der Waals surface area (Å²) < 4.78 is 32.5. The van der Waals surface area contributed by atoms with Crippen molar-refractivity contribution in [3.05, 3.63) is 12.3 Å². The van der Waals surface area contributed by atoms with Gasteiger partial charge in [-0.25, -0.2) is 8.42 Å². The van der Waals surface area contributed by atoms with Gasteiger partial charge in [-0.05, 0) is 6.07 Å². The Labute approximate surface area is 110 Å². The molecule has 1 aromatic heterocycles. The molecule has 1 atom stereocenters. The van der Waals surface area contributed by atoms with Crippen LogP contribution < -0.4 is 0 Å². The minimum atomic E-state index is -3.66. The predicted molar refractivity (Wildman–Crippen MR) is 64.0 cm³/mol. The molecule has 1 saturated heterocycles. The monoisotopic (exact) mass is 289 g/mol. The predicted octanol–water partition coefficient (Wildman–Crippen LogP) is -0.716. The van der Waals surface area contributed by atoms with Crippen LogP contribution in [0.2, 0.25) is 0 Å². The lowest BCUT2D eigenvalue weighted by atomic mass is 10.2. The normalized spacial score (nSPS) is 21.4. The molecule has 2 heterocycles. The molecule has 1 aliphatic heterocycles. The lowest BCUT2D eigenvalue weighted by Gasteiger charge is -2.31. The standard InChI is InChI=1S/C10H15N3O5S/c1-12-9(2-3-11-12)19(16,17)13-4-5-18-8(7-13)6-10(14)15/h2-3,8H,4-7H2,1H3,(H,14,15). The van der Waals surface area contributed by atoms with Crippen molar-refractivity contribution in [2.75, 3.05) is 19.7 Å². The number of ether oxygens (including phenoxy) is 1. The van der Waals surface area contributed by atoms with E-state index in [2.05, 4.69) is 5.10 Å². The van der Waals surface area contributed by atoms with Gasteiger partial charge >= 0.3 is 5.97 Å². The average Bonchev–Trinajstić information content (AvgIpc) is 2.75. The molecule has 9 heteroatoms. The second-order valence-electron chi connectivity index (χ2n) is 4.25. The molecule has 0 spiro atoms. The minimum absolute atomic E-state index is 0.0415. The average molecular weight is 289 g/mol. The number of carboxylic acid groups (broad SMARTS) is 1. The van der Waals surface area contributed by atoms with Crippen LogP contribution in [-0.4, -0.2) is 59.4 Å². The van der Waals surface area contributed by atoms with Crippen molar-refractivity contribution < 1.29 is 23.1 Å². The first-order chi connectivity index (χ1) is 8.91. The van der Waals surface area contributed by atoms with Crippen molar-refractivity contribution in [3.8, 4) is 0 Å². The topological polar surface area (TPSA) is 102 Å². The lowest BCUT2D eigenvalue weighted by Crippen LogP contribution is -2.46. The summed E-state index contributed by atoms with van der Waals surface area (Å²) in [4.78, 5) is 10.6. The van der Waals surface area contributed by atoms with E-state index in [4.69, 9.17) is 9.84 Å². The number of rotatable bonds is 4. The third kappa shape index (κ3) is 2.94. The van der Waals surface area contributed by atoms with Gasteiger partial charge in [-0.3, -0.25) is 9.48 Å². The molecular formula is C10H15N3O5S. The summed E-state index contributed by atoms with van der Waals surface area (Å²) in [5, 5.41) is 12.6. The van der Waals surface area contributed by atoms with Crippen LogP contribution in [0.5, 0.6) is 0 Å². The Morgan fingerprint density at radius 2 is 2.37 bits per heavy atom. The van der Waals surface area contributed by atoms with E-state index in [1.807, 2.05) is 0 Å². The molecule has 0 saturated carbocycles. The second kappa shape index (κ2) is 5.27. The molecule has 0 amide bonds. The first-order valence-corrected chi connectivity index (χ1v) is 7.17. The molecular weight excluding hydrogens is 274 g/mol. The van der Waals surface area contributed by atoms with Gasteiger partial charge in [0.05, 0.1) is 25.3 Å². The molecule has 0 aliphatic carbocycles. The number of aliphatic carboxylic acids is 1. The van der Waals surface area contributed by atoms with Gasteiger partial charge in [-0.2, -0.15) is 9.40 Å². The van der Waals surface area contributed by atoms with Crippen molar-refractivity contribution in [3.63, 3.8) is 0 Å². The zero-order valence-electron chi connectivity index (χ0n) is 10.4. The Balaban J connectivity index is 2.17. The van der Waals surface area contributed by atoms with Crippen molar-refractivity contribution in [2.24, 2.45) is 7.05 Å². The van der Waals surface area contributed by atoms with Crippen LogP contribution in [0.25, 0.3) is 0 Å². The van der Waals surface area contributed by atoms with Gasteiger partial charge in [0, 0.05) is 20.1 Å². The number of sulfonamides is 1. The van der Waals surface area contributed by atoms with Crippen LogP contribution in [0.1, 0.15) is 6.42 Å². The summed E-state index contributed by atoms with van der Waals surface area (Å²) in [6.45, 7) is 0.443. The van der Waals surface area contributed by atoms with E-state index >= 15 is 0 Å². The smallest absolute Gasteiger partial charge is 0.306 e.